The largest absolute Gasteiger partial charge is 0.337 e. The monoisotopic (exact) mass is 536 g/mol. The van der Waals surface area contributed by atoms with E-state index >= 15 is 0 Å². The van der Waals surface area contributed by atoms with E-state index in [1.165, 1.54) is 6.42 Å². The van der Waals surface area contributed by atoms with Crippen LogP contribution in [0.15, 0.2) is 47.5 Å². The van der Waals surface area contributed by atoms with Gasteiger partial charge in [-0.15, -0.1) is 0 Å². The SMILES string of the molecule is Cc1c(C(=O)N(C)C2CCCCC2)nc(-c2ccc(Cl)cc2Cl)n1-c1ccc(C#CCN=C=S)cc1. The van der Waals surface area contributed by atoms with E-state index in [4.69, 9.17) is 28.2 Å². The smallest absolute Gasteiger partial charge is 0.274 e. The Morgan fingerprint density at radius 1 is 1.17 bits per heavy atom. The number of thiocarbonyl (C=S) groups is 1. The number of hydrogen-bond acceptors (Lipinski definition) is 4. The van der Waals surface area contributed by atoms with Crippen molar-refractivity contribution >= 4 is 46.5 Å². The van der Waals surface area contributed by atoms with Crippen molar-refractivity contribution in [1.29, 1.82) is 0 Å². The van der Waals surface area contributed by atoms with E-state index in [0.717, 1.165) is 42.6 Å². The molecule has 5 nitrogen and oxygen atoms in total. The number of aliphatic imine (C=N–C) groups is 1. The zero-order chi connectivity index (χ0) is 25.7. The van der Waals surface area contributed by atoms with Gasteiger partial charge in [0.2, 0.25) is 0 Å². The highest BCUT2D eigenvalue weighted by Crippen LogP contribution is 2.34. The summed E-state index contributed by atoms with van der Waals surface area (Å²) in [5.41, 5.74) is 3.56. The second-order valence-electron chi connectivity index (χ2n) is 8.79. The molecule has 184 valence electrons. The van der Waals surface area contributed by atoms with Gasteiger partial charge >= 0.3 is 0 Å². The van der Waals surface area contributed by atoms with Crippen molar-refractivity contribution in [2.75, 3.05) is 13.6 Å². The molecule has 0 aliphatic heterocycles. The first-order chi connectivity index (χ1) is 17.4. The first kappa shape index (κ1) is 26.1. The Labute approximate surface area is 227 Å². The fraction of sp³-hybridized carbons (Fsp3) is 0.321. The van der Waals surface area contributed by atoms with E-state index in [2.05, 4.69) is 34.2 Å². The fourth-order valence-electron chi connectivity index (χ4n) is 4.58. The molecule has 1 aliphatic rings. The van der Waals surface area contributed by atoms with Crippen molar-refractivity contribution in [2.24, 2.45) is 4.99 Å². The lowest BCUT2D eigenvalue weighted by atomic mass is 9.94. The predicted molar refractivity (Wildman–Crippen MR) is 149 cm³/mol. The van der Waals surface area contributed by atoms with Crippen molar-refractivity contribution in [2.45, 2.75) is 45.1 Å². The number of rotatable bonds is 5. The van der Waals surface area contributed by atoms with Crippen LogP contribution in [0.2, 0.25) is 10.0 Å². The summed E-state index contributed by atoms with van der Waals surface area (Å²) in [5.74, 6) is 6.51. The lowest BCUT2D eigenvalue weighted by molar-refractivity contribution is 0.0690. The van der Waals surface area contributed by atoms with Gasteiger partial charge in [-0.05, 0) is 74.4 Å². The van der Waals surface area contributed by atoms with Crippen LogP contribution in [0.3, 0.4) is 0 Å². The second-order valence-corrected chi connectivity index (χ2v) is 9.82. The molecule has 0 N–H and O–H groups in total. The van der Waals surface area contributed by atoms with Crippen molar-refractivity contribution in [3.8, 4) is 28.9 Å². The Hall–Kier alpha value is -2.94. The highest BCUT2D eigenvalue weighted by atomic mass is 35.5. The molecule has 0 atom stereocenters. The molecule has 2 aromatic carbocycles. The Bertz CT molecular complexity index is 1380. The molecule has 1 fully saturated rings. The predicted octanol–water partition coefficient (Wildman–Crippen LogP) is 7.01. The van der Waals surface area contributed by atoms with Crippen LogP contribution in [0.1, 0.15) is 53.8 Å². The molecule has 3 aromatic rings. The molecule has 0 unspecified atom stereocenters. The second kappa shape index (κ2) is 11.9. The Morgan fingerprint density at radius 2 is 1.89 bits per heavy atom. The first-order valence-electron chi connectivity index (χ1n) is 11.9. The maximum Gasteiger partial charge on any atom is 0.274 e. The van der Waals surface area contributed by atoms with Crippen molar-refractivity contribution in [3.63, 3.8) is 0 Å². The zero-order valence-corrected chi connectivity index (χ0v) is 22.6. The molecule has 1 saturated carbocycles. The lowest BCUT2D eigenvalue weighted by Gasteiger charge is -2.30. The van der Waals surface area contributed by atoms with Crippen LogP contribution in [-0.4, -0.2) is 45.2 Å². The summed E-state index contributed by atoms with van der Waals surface area (Å²) >= 11 is 17.3. The van der Waals surface area contributed by atoms with Crippen LogP contribution in [0, 0.1) is 18.8 Å². The number of halogens is 2. The topological polar surface area (TPSA) is 50.5 Å². The maximum absolute atomic E-state index is 13.6. The van der Waals surface area contributed by atoms with E-state index in [-0.39, 0.29) is 11.9 Å². The number of benzene rings is 2. The molecule has 1 amide bonds. The van der Waals surface area contributed by atoms with Crippen LogP contribution in [0.25, 0.3) is 17.1 Å². The third-order valence-corrected chi connectivity index (χ3v) is 7.18. The van der Waals surface area contributed by atoms with Gasteiger partial charge in [-0.2, -0.15) is 0 Å². The van der Waals surface area contributed by atoms with Gasteiger partial charge in [-0.3, -0.25) is 9.36 Å². The molecule has 1 aromatic heterocycles. The Kier molecular flexibility index (Phi) is 8.61. The van der Waals surface area contributed by atoms with Gasteiger partial charge < -0.3 is 4.90 Å². The molecule has 0 saturated heterocycles. The van der Waals surface area contributed by atoms with Gasteiger partial charge in [0.1, 0.15) is 18.1 Å². The molecule has 1 aliphatic carbocycles. The van der Waals surface area contributed by atoms with Gasteiger partial charge in [-0.1, -0.05) is 54.3 Å². The molecule has 8 heteroatoms. The van der Waals surface area contributed by atoms with E-state index in [1.54, 1.807) is 12.1 Å². The van der Waals surface area contributed by atoms with E-state index in [0.29, 0.717) is 33.7 Å². The number of aromatic nitrogens is 2. The molecule has 1 heterocycles. The quantitative estimate of drug-likeness (QED) is 0.200. The van der Waals surface area contributed by atoms with Gasteiger partial charge in [0.25, 0.3) is 5.91 Å². The average Bonchev–Trinajstić information content (AvgIpc) is 3.23. The normalized spacial score (nSPS) is 13.4. The van der Waals surface area contributed by atoms with Crippen LogP contribution < -0.4 is 0 Å². The minimum atomic E-state index is -0.0777. The molecule has 36 heavy (non-hydrogen) atoms. The Morgan fingerprint density at radius 3 is 2.56 bits per heavy atom. The third kappa shape index (κ3) is 5.72. The summed E-state index contributed by atoms with van der Waals surface area (Å²) < 4.78 is 1.96. The number of amides is 1. The molecule has 0 radical (unpaired) electrons. The average molecular weight is 538 g/mol. The summed E-state index contributed by atoms with van der Waals surface area (Å²) in [7, 11) is 1.88. The Balaban J connectivity index is 1.78. The van der Waals surface area contributed by atoms with Gasteiger partial charge in [0, 0.05) is 34.9 Å². The summed E-state index contributed by atoms with van der Waals surface area (Å²) in [6, 6.07) is 13.3. The van der Waals surface area contributed by atoms with E-state index < -0.39 is 0 Å². The van der Waals surface area contributed by atoms with Crippen LogP contribution in [0.5, 0.6) is 0 Å². The number of hydrogen-bond donors (Lipinski definition) is 0. The highest BCUT2D eigenvalue weighted by molar-refractivity contribution is 7.78. The molecular formula is C28H26Cl2N4OS. The van der Waals surface area contributed by atoms with Crippen LogP contribution >= 0.6 is 35.4 Å². The summed E-state index contributed by atoms with van der Waals surface area (Å²) in [6.45, 7) is 2.23. The van der Waals surface area contributed by atoms with Crippen LogP contribution in [0.4, 0.5) is 0 Å². The van der Waals surface area contributed by atoms with Crippen LogP contribution in [-0.2, 0) is 0 Å². The van der Waals surface area contributed by atoms with Gasteiger partial charge in [-0.25, -0.2) is 9.98 Å². The molecule has 0 bridgehead atoms. The van der Waals surface area contributed by atoms with Crippen molar-refractivity contribution < 1.29 is 4.79 Å². The lowest BCUT2D eigenvalue weighted by Crippen LogP contribution is -2.38. The van der Waals surface area contributed by atoms with Gasteiger partial charge in [0.05, 0.1) is 15.9 Å². The minimum Gasteiger partial charge on any atom is -0.337 e. The zero-order valence-electron chi connectivity index (χ0n) is 20.2. The molecule has 0 spiro atoms. The number of isothiocyanates is 1. The molecular weight excluding hydrogens is 511 g/mol. The van der Waals surface area contributed by atoms with Crippen molar-refractivity contribution in [3.05, 3.63) is 69.5 Å². The minimum absolute atomic E-state index is 0.0777. The standard InChI is InChI=1S/C28H26Cl2N4OS/c1-19-26(28(35)33(2)22-8-4-3-5-9-22)32-27(24-15-12-21(29)17-25(24)30)34(19)23-13-10-20(11-14-23)7-6-16-31-18-36/h10-15,17,22H,3-5,8-9,16H2,1-2H3. The van der Waals surface area contributed by atoms with E-state index in [9.17, 15) is 4.79 Å². The van der Waals surface area contributed by atoms with Crippen molar-refractivity contribution in [1.82, 2.24) is 14.5 Å². The fourth-order valence-corrected chi connectivity index (χ4v) is 5.14. The number of imidazole rings is 1. The first-order valence-corrected chi connectivity index (χ1v) is 13.0. The van der Waals surface area contributed by atoms with Gasteiger partial charge in [0.15, 0.2) is 0 Å². The number of carbonyl (C=O) groups is 1. The molecule has 4 rings (SSSR count). The highest BCUT2D eigenvalue weighted by Gasteiger charge is 2.29. The van der Waals surface area contributed by atoms with E-state index in [1.807, 2.05) is 53.8 Å². The summed E-state index contributed by atoms with van der Waals surface area (Å²) in [5, 5.41) is 3.31. The summed E-state index contributed by atoms with van der Waals surface area (Å²) in [4.78, 5) is 24.1. The number of nitrogens with zero attached hydrogens (tertiary/aromatic N) is 4. The third-order valence-electron chi connectivity index (χ3n) is 6.51. The number of carbonyl (C=O) groups excluding carboxylic acids is 1. The summed E-state index contributed by atoms with van der Waals surface area (Å²) in [6.07, 6.45) is 5.57. The maximum atomic E-state index is 13.6.